The van der Waals surface area contributed by atoms with Gasteiger partial charge in [0.05, 0.1) is 0 Å². The van der Waals surface area contributed by atoms with Gasteiger partial charge in [0.15, 0.2) is 0 Å². The van der Waals surface area contributed by atoms with Gasteiger partial charge in [-0.2, -0.15) is 16.4 Å². The van der Waals surface area contributed by atoms with Gasteiger partial charge < -0.3 is 18.1 Å². The summed E-state index contributed by atoms with van der Waals surface area (Å²) >= 11 is 0. The largest absolute Gasteiger partial charge is 3.00 e. The van der Waals surface area contributed by atoms with Gasteiger partial charge >= 0.3 is 26.2 Å². The summed E-state index contributed by atoms with van der Waals surface area (Å²) in [6.07, 6.45) is 0.157. The molecule has 13 heavy (non-hydrogen) atoms. The van der Waals surface area contributed by atoms with Crippen molar-refractivity contribution in [3.63, 3.8) is 0 Å². The van der Waals surface area contributed by atoms with E-state index < -0.39 is 0 Å². The van der Waals surface area contributed by atoms with Gasteiger partial charge in [-0.3, -0.25) is 0 Å². The molecule has 0 fully saturated rings. The Hall–Kier alpha value is 1.23. The second-order valence-electron chi connectivity index (χ2n) is 3.43. The molecule has 79 valence electrons. The van der Waals surface area contributed by atoms with Crippen LogP contribution in [0.5, 0.6) is 0 Å². The second kappa shape index (κ2) is 11.3. The Labute approximate surface area is 107 Å². The molecule has 1 radical (unpaired) electrons. The molecule has 0 saturated heterocycles. The maximum atomic E-state index is 4.43. The van der Waals surface area contributed by atoms with E-state index in [1.165, 1.54) is 0 Å². The molecular weight excluding hydrogens is 258 g/mol. The third kappa shape index (κ3) is 19.6. The molecule has 0 aliphatic heterocycles. The number of hydrogen-bond acceptors (Lipinski definition) is 0. The zero-order valence-corrected chi connectivity index (χ0v) is 13.8. The first kappa shape index (κ1) is 23.8. The Morgan fingerprint density at radius 1 is 1.23 bits per heavy atom. The van der Waals surface area contributed by atoms with Crippen molar-refractivity contribution in [2.45, 2.75) is 46.3 Å². The molecule has 2 nitrogen and oxygen atoms in total. The fraction of sp³-hybridized carbons (Fsp3) is 0.889. The van der Waals surface area contributed by atoms with Gasteiger partial charge in [-0.1, -0.05) is 27.7 Å². The van der Waals surface area contributed by atoms with Gasteiger partial charge in [-0.15, -0.1) is 12.5 Å². The topological polar surface area (TPSA) is 28.2 Å². The Morgan fingerprint density at radius 3 is 1.85 bits per heavy atom. The van der Waals surface area contributed by atoms with Crippen LogP contribution in [0.1, 0.15) is 34.6 Å². The predicted octanol–water partition coefficient (Wildman–Crippen LogP) is 3.40. The van der Waals surface area contributed by atoms with Crippen LogP contribution >= 0.6 is 9.90 Å². The van der Waals surface area contributed by atoms with Crippen molar-refractivity contribution in [2.24, 2.45) is 0 Å². The Bertz CT molecular complexity index is 94.1. The van der Waals surface area contributed by atoms with Crippen LogP contribution in [0.25, 0.3) is 10.6 Å². The molecule has 0 aliphatic carbocycles. The van der Waals surface area contributed by atoms with Crippen LogP contribution in [0.15, 0.2) is 0 Å². The van der Waals surface area contributed by atoms with E-state index in [9.17, 15) is 0 Å². The van der Waals surface area contributed by atoms with Crippen molar-refractivity contribution in [1.82, 2.24) is 0 Å². The van der Waals surface area contributed by atoms with Crippen molar-refractivity contribution in [2.75, 3.05) is 6.54 Å². The van der Waals surface area contributed by atoms with Gasteiger partial charge in [0, 0.05) is 0 Å². The first-order chi connectivity index (χ1) is 4.45. The van der Waals surface area contributed by atoms with Crippen molar-refractivity contribution in [1.29, 1.82) is 0 Å². The van der Waals surface area contributed by atoms with E-state index in [4.69, 9.17) is 0 Å². The maximum absolute atomic E-state index is 4.43. The summed E-state index contributed by atoms with van der Waals surface area (Å²) in [6, 6.07) is 0. The van der Waals surface area contributed by atoms with Crippen LogP contribution < -0.4 is 0 Å². The van der Waals surface area contributed by atoms with Gasteiger partial charge in [0.1, 0.15) is 0 Å². The van der Waals surface area contributed by atoms with Crippen LogP contribution in [0.4, 0.5) is 0 Å². The molecular formula is C9H24N2PZr. The van der Waals surface area contributed by atoms with Crippen LogP contribution in [0, 0.1) is 7.43 Å². The molecule has 0 aliphatic rings. The van der Waals surface area contributed by atoms with Crippen LogP contribution in [-0.4, -0.2) is 18.2 Å². The minimum absolute atomic E-state index is 0. The fourth-order valence-electron chi connectivity index (χ4n) is 0.866. The van der Waals surface area contributed by atoms with E-state index in [0.29, 0.717) is 0 Å². The first-order valence-corrected chi connectivity index (χ1v) is 3.84. The molecule has 2 atom stereocenters. The van der Waals surface area contributed by atoms with E-state index in [1.807, 2.05) is 13.8 Å². The summed E-state index contributed by atoms with van der Waals surface area (Å²) < 4.78 is 0. The second-order valence-corrected chi connectivity index (χ2v) is 3.43. The number of hydrogen-bond donors (Lipinski definition) is 0. The van der Waals surface area contributed by atoms with Crippen LogP contribution in [-0.2, 0) is 26.2 Å². The first-order valence-electron chi connectivity index (χ1n) is 3.84. The molecule has 0 rings (SSSR count). The van der Waals surface area contributed by atoms with E-state index in [2.05, 4.69) is 31.4 Å². The Balaban J connectivity index is -0.000000135. The standard InChI is InChI=1S/C8H18N2.CH3.H3P.Zr/c1-6-9-7(2)10-8(3,4)5;;;/h7H,6H2,1-5H3;2*1H3;/q-2;-1;;+3. The van der Waals surface area contributed by atoms with Gasteiger partial charge in [-0.25, -0.2) is 6.17 Å². The monoisotopic (exact) mass is 281 g/mol. The molecule has 0 aromatic carbocycles. The van der Waals surface area contributed by atoms with E-state index in [-0.39, 0.29) is 55.2 Å². The van der Waals surface area contributed by atoms with Gasteiger partial charge in [0.25, 0.3) is 0 Å². The summed E-state index contributed by atoms with van der Waals surface area (Å²) in [7, 11) is 0. The van der Waals surface area contributed by atoms with Crippen molar-refractivity contribution in [3.8, 4) is 0 Å². The SMILES string of the molecule is CC[N-]C(C)[N-]C(C)(C)C.P.[CH3-].[Zr+3]. The summed E-state index contributed by atoms with van der Waals surface area (Å²) in [4.78, 5) is 0. The van der Waals surface area contributed by atoms with Gasteiger partial charge in [-0.05, 0) is 0 Å². The fourth-order valence-corrected chi connectivity index (χ4v) is 0.866. The molecule has 0 aromatic heterocycles. The molecule has 4 heteroatoms. The summed E-state index contributed by atoms with van der Waals surface area (Å²) in [5.74, 6) is 0. The predicted molar refractivity (Wildman–Crippen MR) is 64.0 cm³/mol. The summed E-state index contributed by atoms with van der Waals surface area (Å²) in [5.41, 5.74) is 0.0537. The minimum Gasteiger partial charge on any atom is -0.678 e. The van der Waals surface area contributed by atoms with E-state index in [0.717, 1.165) is 6.54 Å². The molecule has 0 spiro atoms. The van der Waals surface area contributed by atoms with Crippen molar-refractivity contribution in [3.05, 3.63) is 18.1 Å². The molecule has 0 aromatic rings. The van der Waals surface area contributed by atoms with E-state index >= 15 is 0 Å². The average Bonchev–Trinajstić information content (AvgIpc) is 1.59. The smallest absolute Gasteiger partial charge is 0.678 e. The third-order valence-electron chi connectivity index (χ3n) is 1.02. The molecule has 0 heterocycles. The normalized spacial score (nSPS) is 11.8. The molecule has 0 saturated carbocycles. The van der Waals surface area contributed by atoms with Gasteiger partial charge in [0.2, 0.25) is 0 Å². The molecule has 0 N–H and O–H groups in total. The number of rotatable bonds is 3. The molecule has 0 amide bonds. The molecule has 2 unspecified atom stereocenters. The third-order valence-corrected chi connectivity index (χ3v) is 1.02. The maximum Gasteiger partial charge on any atom is 3.00 e. The van der Waals surface area contributed by atoms with Crippen molar-refractivity contribution >= 4 is 9.90 Å². The quantitative estimate of drug-likeness (QED) is 0.561. The van der Waals surface area contributed by atoms with Crippen LogP contribution in [0.2, 0.25) is 0 Å². The van der Waals surface area contributed by atoms with Crippen LogP contribution in [0.3, 0.4) is 0 Å². The van der Waals surface area contributed by atoms with E-state index in [1.54, 1.807) is 0 Å². The Morgan fingerprint density at radius 2 is 1.62 bits per heavy atom. The van der Waals surface area contributed by atoms with Crippen molar-refractivity contribution < 1.29 is 26.2 Å². The summed E-state index contributed by atoms with van der Waals surface area (Å²) in [6.45, 7) is 11.2. The zero-order chi connectivity index (χ0) is 8.20. The summed E-state index contributed by atoms with van der Waals surface area (Å²) in [5, 5.41) is 8.68. The molecule has 0 bridgehead atoms. The Kier molecular flexibility index (Phi) is 20.7. The minimum atomic E-state index is 0. The zero-order valence-electron chi connectivity index (χ0n) is 9.89. The average molecular weight is 283 g/mol. The number of nitrogens with zero attached hydrogens (tertiary/aromatic N) is 2.